The first-order valence-corrected chi connectivity index (χ1v) is 3.56. The van der Waals surface area contributed by atoms with Crippen molar-refractivity contribution < 1.29 is 30.3 Å². The van der Waals surface area contributed by atoms with Crippen molar-refractivity contribution >= 4 is 25.3 Å². The molecule has 0 aliphatic rings. The van der Waals surface area contributed by atoms with E-state index >= 15 is 0 Å². The van der Waals surface area contributed by atoms with Gasteiger partial charge in [0.15, 0.2) is 0 Å². The summed E-state index contributed by atoms with van der Waals surface area (Å²) in [5.74, 6) is 0.559. The molecule has 0 aromatic rings. The molecule has 0 saturated heterocycles. The second-order valence-electron chi connectivity index (χ2n) is 1.50. The van der Waals surface area contributed by atoms with Gasteiger partial charge in [0, 0.05) is 31.6 Å². The molecule has 1 radical (unpaired) electrons. The maximum absolute atomic E-state index is 8.75. The van der Waals surface area contributed by atoms with Gasteiger partial charge in [0.2, 0.25) is 0 Å². The Morgan fingerprint density at radius 2 is 1.22 bits per heavy atom. The molecular formula is C4H10O2S2Tc. The second kappa shape index (κ2) is 7.38. The van der Waals surface area contributed by atoms with Crippen LogP contribution in [0.5, 0.6) is 0 Å². The molecular weight excluding hydrogens is 243 g/mol. The summed E-state index contributed by atoms with van der Waals surface area (Å²) in [4.78, 5) is 0. The van der Waals surface area contributed by atoms with Crippen molar-refractivity contribution in [2.75, 3.05) is 11.5 Å². The molecule has 0 aliphatic heterocycles. The number of rotatable bonds is 3. The van der Waals surface area contributed by atoms with Gasteiger partial charge in [-0.05, 0) is 0 Å². The first-order valence-electron chi connectivity index (χ1n) is 2.30. The van der Waals surface area contributed by atoms with E-state index in [2.05, 4.69) is 25.3 Å². The number of aliphatic hydroxyl groups excluding tert-OH is 2. The zero-order valence-corrected chi connectivity index (χ0v) is 8.38. The molecule has 2 N–H and O–H groups in total. The Kier molecular flexibility index (Phi) is 10.6. The normalized spacial score (nSPS) is 16.0. The topological polar surface area (TPSA) is 40.5 Å². The Morgan fingerprint density at radius 1 is 1.00 bits per heavy atom. The number of thiol groups is 2. The predicted octanol–water partition coefficient (Wildman–Crippen LogP) is -0.435. The summed E-state index contributed by atoms with van der Waals surface area (Å²) in [5, 5.41) is 17.5. The van der Waals surface area contributed by atoms with Crippen LogP contribution in [0.25, 0.3) is 0 Å². The van der Waals surface area contributed by atoms with Crippen LogP contribution in [0.3, 0.4) is 0 Å². The van der Waals surface area contributed by atoms with E-state index in [-0.39, 0.29) is 31.6 Å². The van der Waals surface area contributed by atoms with E-state index in [1.165, 1.54) is 0 Å². The molecule has 0 aromatic heterocycles. The molecule has 2 unspecified atom stereocenters. The zero-order valence-electron chi connectivity index (χ0n) is 4.74. The van der Waals surface area contributed by atoms with Crippen LogP contribution in [0.4, 0.5) is 0 Å². The third-order valence-electron chi connectivity index (χ3n) is 0.818. The fourth-order valence-electron chi connectivity index (χ4n) is 0.243. The maximum Gasteiger partial charge on any atom is 0.0894 e. The molecule has 0 amide bonds. The maximum atomic E-state index is 8.75. The minimum Gasteiger partial charge on any atom is -0.390 e. The van der Waals surface area contributed by atoms with Gasteiger partial charge in [-0.15, -0.1) is 0 Å². The Morgan fingerprint density at radius 3 is 1.33 bits per heavy atom. The second-order valence-corrected chi connectivity index (χ2v) is 2.23. The fraction of sp³-hybridized carbons (Fsp3) is 1.00. The molecule has 2 nitrogen and oxygen atoms in total. The molecule has 0 spiro atoms. The molecule has 0 rings (SSSR count). The first-order chi connectivity index (χ1) is 3.72. The van der Waals surface area contributed by atoms with Gasteiger partial charge in [0.25, 0.3) is 0 Å². The Labute approximate surface area is 79.2 Å². The van der Waals surface area contributed by atoms with Gasteiger partial charge >= 0.3 is 0 Å². The van der Waals surface area contributed by atoms with Gasteiger partial charge < -0.3 is 10.2 Å². The van der Waals surface area contributed by atoms with Crippen LogP contribution >= 0.6 is 25.3 Å². The fourth-order valence-corrected chi connectivity index (χ4v) is 0.730. The van der Waals surface area contributed by atoms with Crippen molar-refractivity contribution in [2.24, 2.45) is 0 Å². The molecule has 0 aromatic carbocycles. The van der Waals surface area contributed by atoms with Gasteiger partial charge in [-0.3, -0.25) is 0 Å². The van der Waals surface area contributed by atoms with E-state index in [1.54, 1.807) is 0 Å². The van der Waals surface area contributed by atoms with Crippen LogP contribution in [-0.2, 0) is 20.1 Å². The number of aliphatic hydroxyl groups is 2. The third kappa shape index (κ3) is 5.70. The Bertz CT molecular complexity index is 56.5. The summed E-state index contributed by atoms with van der Waals surface area (Å²) in [5.41, 5.74) is 0. The van der Waals surface area contributed by atoms with E-state index in [4.69, 9.17) is 10.2 Å². The average molecular weight is 253 g/mol. The SMILES string of the molecule is OC(CS)C(O)CS.[99Tc]. The molecule has 0 aliphatic carbocycles. The predicted molar refractivity (Wildman–Crippen MR) is 39.7 cm³/mol. The van der Waals surface area contributed by atoms with E-state index in [0.29, 0.717) is 0 Å². The Hall–Kier alpha value is 1.27. The molecule has 5 heteroatoms. The zero-order chi connectivity index (χ0) is 6.57. The largest absolute Gasteiger partial charge is 0.390 e. The first kappa shape index (κ1) is 12.9. The summed E-state index contributed by atoms with van der Waals surface area (Å²) in [6, 6.07) is 0. The Balaban J connectivity index is 0. The minimum absolute atomic E-state index is 0. The number of hydrogen-bond donors (Lipinski definition) is 4. The molecule has 0 fully saturated rings. The van der Waals surface area contributed by atoms with Crippen LogP contribution in [0.15, 0.2) is 0 Å². The van der Waals surface area contributed by atoms with Crippen LogP contribution in [-0.4, -0.2) is 33.9 Å². The quantitative estimate of drug-likeness (QED) is 0.515. The average Bonchev–Trinajstić information content (AvgIpc) is 1.84. The van der Waals surface area contributed by atoms with Crippen molar-refractivity contribution in [3.63, 3.8) is 0 Å². The molecule has 0 bridgehead atoms. The third-order valence-corrected chi connectivity index (χ3v) is 1.57. The number of hydrogen-bond acceptors (Lipinski definition) is 4. The summed E-state index contributed by atoms with van der Waals surface area (Å²) in [6.45, 7) is 0. The van der Waals surface area contributed by atoms with Crippen molar-refractivity contribution in [1.29, 1.82) is 0 Å². The van der Waals surface area contributed by atoms with Crippen molar-refractivity contribution in [1.82, 2.24) is 0 Å². The van der Waals surface area contributed by atoms with E-state index in [1.807, 2.05) is 0 Å². The van der Waals surface area contributed by atoms with E-state index in [0.717, 1.165) is 0 Å². The van der Waals surface area contributed by atoms with Crippen molar-refractivity contribution in [3.8, 4) is 0 Å². The molecule has 9 heavy (non-hydrogen) atoms. The van der Waals surface area contributed by atoms with Gasteiger partial charge in [0.1, 0.15) is 0 Å². The van der Waals surface area contributed by atoms with Crippen molar-refractivity contribution in [3.05, 3.63) is 0 Å². The molecule has 57 valence electrons. The molecule has 0 heterocycles. The summed E-state index contributed by atoms with van der Waals surface area (Å²) in [7, 11) is 0. The van der Waals surface area contributed by atoms with Gasteiger partial charge in [-0.1, -0.05) is 0 Å². The van der Waals surface area contributed by atoms with Crippen molar-refractivity contribution in [2.45, 2.75) is 12.2 Å². The van der Waals surface area contributed by atoms with E-state index < -0.39 is 12.2 Å². The monoisotopic (exact) mass is 253 g/mol. The van der Waals surface area contributed by atoms with Gasteiger partial charge in [0.05, 0.1) is 12.2 Å². The summed E-state index contributed by atoms with van der Waals surface area (Å²) in [6.07, 6.45) is -1.48. The van der Waals surface area contributed by atoms with Crippen LogP contribution in [0, 0.1) is 0 Å². The van der Waals surface area contributed by atoms with Gasteiger partial charge in [-0.2, -0.15) is 25.3 Å². The molecule has 0 saturated carbocycles. The van der Waals surface area contributed by atoms with Gasteiger partial charge in [-0.25, -0.2) is 0 Å². The minimum atomic E-state index is -0.740. The summed E-state index contributed by atoms with van der Waals surface area (Å²) < 4.78 is 0. The van der Waals surface area contributed by atoms with E-state index in [9.17, 15) is 0 Å². The van der Waals surface area contributed by atoms with Crippen LogP contribution in [0.1, 0.15) is 0 Å². The van der Waals surface area contributed by atoms with Crippen LogP contribution in [0.2, 0.25) is 0 Å². The smallest absolute Gasteiger partial charge is 0.0894 e. The van der Waals surface area contributed by atoms with Crippen LogP contribution < -0.4 is 0 Å². The standard InChI is InChI=1S/C4H10O2S2.Tc/c5-3(1-7)4(6)2-8;/h3-8H,1-2H2;/i;1+1. The summed E-state index contributed by atoms with van der Waals surface area (Å²) >= 11 is 7.53. The molecule has 2 atom stereocenters.